The summed E-state index contributed by atoms with van der Waals surface area (Å²) in [5.74, 6) is -2.15. The Labute approximate surface area is 248 Å². The van der Waals surface area contributed by atoms with Crippen LogP contribution in [0.1, 0.15) is 66.9 Å². The minimum atomic E-state index is -1.22. The number of aromatic nitrogens is 2. The number of benzene rings is 2. The van der Waals surface area contributed by atoms with E-state index in [0.717, 1.165) is 4.90 Å². The third kappa shape index (κ3) is 8.62. The summed E-state index contributed by atoms with van der Waals surface area (Å²) < 4.78 is 15.5. The fraction of sp³-hybridized carbons (Fsp3) is 0.433. The zero-order valence-corrected chi connectivity index (χ0v) is 24.6. The third-order valence-corrected chi connectivity index (χ3v) is 7.61. The van der Waals surface area contributed by atoms with Crippen LogP contribution in [0.15, 0.2) is 53.4 Å². The summed E-state index contributed by atoms with van der Waals surface area (Å²) in [6.45, 7) is 3.34. The quantitative estimate of drug-likeness (QED) is 0.143. The van der Waals surface area contributed by atoms with E-state index in [-0.39, 0.29) is 31.0 Å². The lowest BCUT2D eigenvalue weighted by Gasteiger charge is -2.23. The number of nitrogens with zero attached hydrogens (tertiary/aromatic N) is 2. The summed E-state index contributed by atoms with van der Waals surface area (Å²) in [6.07, 6.45) is -2.05. The maximum absolute atomic E-state index is 13.7. The molecule has 1 aromatic heterocycles. The van der Waals surface area contributed by atoms with Crippen LogP contribution >= 0.6 is 11.8 Å². The first kappa shape index (κ1) is 33.2. The third-order valence-electron chi connectivity index (χ3n) is 6.86. The smallest absolute Gasteiger partial charge is 0.305 e. The van der Waals surface area contributed by atoms with E-state index in [1.54, 1.807) is 28.5 Å². The lowest BCUT2D eigenvalue weighted by Crippen LogP contribution is -2.42. The van der Waals surface area contributed by atoms with Crippen LogP contribution in [-0.4, -0.2) is 78.1 Å². The Hall–Kier alpha value is -3.29. The van der Waals surface area contributed by atoms with Crippen LogP contribution in [0.4, 0.5) is 4.39 Å². The van der Waals surface area contributed by atoms with E-state index in [4.69, 9.17) is 5.11 Å². The fourth-order valence-electron chi connectivity index (χ4n) is 4.75. The molecule has 10 nitrogen and oxygen atoms in total. The Morgan fingerprint density at radius 3 is 2.21 bits per heavy atom. The van der Waals surface area contributed by atoms with Crippen molar-refractivity contribution in [2.75, 3.05) is 12.9 Å². The van der Waals surface area contributed by atoms with Gasteiger partial charge in [0.2, 0.25) is 0 Å². The van der Waals surface area contributed by atoms with Gasteiger partial charge in [0.05, 0.1) is 37.0 Å². The van der Waals surface area contributed by atoms with Gasteiger partial charge in [-0.05, 0) is 67.0 Å². The van der Waals surface area contributed by atoms with Gasteiger partial charge in [0.25, 0.3) is 5.91 Å². The van der Waals surface area contributed by atoms with Crippen LogP contribution in [0.2, 0.25) is 0 Å². The maximum atomic E-state index is 13.7. The number of imidazole rings is 1. The van der Waals surface area contributed by atoms with Gasteiger partial charge in [-0.25, -0.2) is 9.37 Å². The van der Waals surface area contributed by atoms with E-state index in [1.165, 1.54) is 24.3 Å². The van der Waals surface area contributed by atoms with Crippen LogP contribution in [0.5, 0.6) is 0 Å². The normalized spacial score (nSPS) is 14.4. The molecule has 228 valence electrons. The summed E-state index contributed by atoms with van der Waals surface area (Å²) in [7, 11) is 0. The van der Waals surface area contributed by atoms with Gasteiger partial charge < -0.3 is 35.4 Å². The zero-order valence-electron chi connectivity index (χ0n) is 23.8. The Morgan fingerprint density at radius 1 is 1.02 bits per heavy atom. The molecule has 12 heteroatoms. The number of carbonyl (C=O) groups excluding carboxylic acids is 1. The van der Waals surface area contributed by atoms with Crippen molar-refractivity contribution in [2.24, 2.45) is 0 Å². The zero-order chi connectivity index (χ0) is 31.0. The van der Waals surface area contributed by atoms with Crippen molar-refractivity contribution >= 4 is 23.6 Å². The molecule has 0 radical (unpaired) electrons. The summed E-state index contributed by atoms with van der Waals surface area (Å²) in [4.78, 5) is 30.1. The van der Waals surface area contributed by atoms with Crippen LogP contribution < -0.4 is 5.32 Å². The number of carbonyl (C=O) groups is 2. The van der Waals surface area contributed by atoms with Crippen LogP contribution in [0.25, 0.3) is 11.4 Å². The summed E-state index contributed by atoms with van der Waals surface area (Å²) in [5, 5.41) is 53.0. The summed E-state index contributed by atoms with van der Waals surface area (Å²) in [5.41, 5.74) is 1.60. The molecule has 6 N–H and O–H groups in total. The standard InChI is InChI=1S/C30H38FN3O7S/c1-17(2)27-26(30(41)32-24(16-35)28(40)18-6-10-23(42-3)11-7-18)33-29(19-4-8-20(31)9-5-19)34(27)13-12-21(36)14-22(37)15-25(38)39/h4-11,17,21-22,24,28,35-37,40H,12-16H2,1-3H3,(H,32,41)(H,38,39)/t21-,22-,24?,28-/m1/s1. The highest BCUT2D eigenvalue weighted by Crippen LogP contribution is 2.30. The molecule has 42 heavy (non-hydrogen) atoms. The van der Waals surface area contributed by atoms with Crippen LogP contribution in [-0.2, 0) is 11.3 Å². The molecule has 0 saturated carbocycles. The summed E-state index contributed by atoms with van der Waals surface area (Å²) >= 11 is 1.54. The van der Waals surface area contributed by atoms with Gasteiger partial charge in [0.1, 0.15) is 23.4 Å². The van der Waals surface area contributed by atoms with Gasteiger partial charge in [-0.2, -0.15) is 0 Å². The molecule has 4 atom stereocenters. The van der Waals surface area contributed by atoms with Crippen molar-refractivity contribution in [1.82, 2.24) is 14.9 Å². The van der Waals surface area contributed by atoms with Gasteiger partial charge in [-0.15, -0.1) is 11.8 Å². The molecule has 0 aliphatic heterocycles. The average Bonchev–Trinajstić information content (AvgIpc) is 3.34. The lowest BCUT2D eigenvalue weighted by molar-refractivity contribution is -0.139. The highest BCUT2D eigenvalue weighted by molar-refractivity contribution is 7.98. The highest BCUT2D eigenvalue weighted by Gasteiger charge is 2.29. The van der Waals surface area contributed by atoms with Gasteiger partial charge in [-0.3, -0.25) is 9.59 Å². The van der Waals surface area contributed by atoms with E-state index < -0.39 is 55.1 Å². The number of aliphatic hydroxyl groups is 4. The lowest BCUT2D eigenvalue weighted by atomic mass is 10.0. The predicted octanol–water partition coefficient (Wildman–Crippen LogP) is 3.34. The molecule has 1 amide bonds. The number of carboxylic acids is 1. The van der Waals surface area contributed by atoms with Crippen molar-refractivity contribution in [3.63, 3.8) is 0 Å². The van der Waals surface area contributed by atoms with E-state index in [9.17, 15) is 34.4 Å². The minimum Gasteiger partial charge on any atom is -0.481 e. The molecule has 0 aliphatic rings. The Kier molecular flexibility index (Phi) is 12.1. The SMILES string of the molecule is CSc1ccc([C@@H](O)C(CO)NC(=O)c2nc(-c3ccc(F)cc3)n(CC[C@@H](O)C[C@@H](O)CC(=O)O)c2C(C)C)cc1. The first-order valence-electron chi connectivity index (χ1n) is 13.6. The van der Waals surface area contributed by atoms with Crippen molar-refractivity contribution in [1.29, 1.82) is 0 Å². The number of hydrogen-bond acceptors (Lipinski definition) is 8. The molecule has 3 aromatic rings. The molecular weight excluding hydrogens is 565 g/mol. The number of halogens is 1. The molecule has 3 rings (SSSR count). The molecule has 0 spiro atoms. The van der Waals surface area contributed by atoms with E-state index in [2.05, 4.69) is 10.3 Å². The second kappa shape index (κ2) is 15.3. The van der Waals surface area contributed by atoms with Gasteiger partial charge in [0.15, 0.2) is 0 Å². The fourth-order valence-corrected chi connectivity index (χ4v) is 5.16. The Morgan fingerprint density at radius 2 is 1.67 bits per heavy atom. The largest absolute Gasteiger partial charge is 0.481 e. The predicted molar refractivity (Wildman–Crippen MR) is 157 cm³/mol. The number of amides is 1. The molecule has 1 heterocycles. The molecule has 0 aliphatic carbocycles. The van der Waals surface area contributed by atoms with E-state index in [0.29, 0.717) is 22.6 Å². The maximum Gasteiger partial charge on any atom is 0.305 e. The van der Waals surface area contributed by atoms with E-state index >= 15 is 0 Å². The second-order valence-electron chi connectivity index (χ2n) is 10.4. The first-order valence-corrected chi connectivity index (χ1v) is 14.9. The highest BCUT2D eigenvalue weighted by atomic mass is 32.2. The minimum absolute atomic E-state index is 0.0492. The van der Waals surface area contributed by atoms with Crippen LogP contribution in [0.3, 0.4) is 0 Å². The van der Waals surface area contributed by atoms with Crippen molar-refractivity contribution in [3.8, 4) is 11.4 Å². The van der Waals surface area contributed by atoms with Gasteiger partial charge in [0, 0.05) is 17.0 Å². The number of aliphatic hydroxyl groups excluding tert-OH is 4. The Balaban J connectivity index is 1.94. The second-order valence-corrected chi connectivity index (χ2v) is 11.3. The number of thioether (sulfide) groups is 1. The molecule has 2 aromatic carbocycles. The molecule has 0 bridgehead atoms. The average molecular weight is 604 g/mol. The Bertz CT molecular complexity index is 1330. The van der Waals surface area contributed by atoms with Crippen molar-refractivity contribution < 1.29 is 39.5 Å². The topological polar surface area (TPSA) is 165 Å². The molecule has 1 unspecified atom stereocenters. The molecule has 0 fully saturated rings. The van der Waals surface area contributed by atoms with Crippen molar-refractivity contribution in [2.45, 2.75) is 74.8 Å². The first-order chi connectivity index (χ1) is 19.9. The number of aliphatic carboxylic acids is 1. The molecular formula is C30H38FN3O7S. The van der Waals surface area contributed by atoms with E-state index in [1.807, 2.05) is 32.2 Å². The van der Waals surface area contributed by atoms with Crippen LogP contribution in [0, 0.1) is 5.82 Å². The van der Waals surface area contributed by atoms with Gasteiger partial charge >= 0.3 is 5.97 Å². The van der Waals surface area contributed by atoms with Crippen molar-refractivity contribution in [3.05, 3.63) is 71.3 Å². The van der Waals surface area contributed by atoms with Gasteiger partial charge in [-0.1, -0.05) is 26.0 Å². The number of rotatable bonds is 15. The number of hydrogen-bond donors (Lipinski definition) is 6. The number of nitrogens with one attached hydrogen (secondary N) is 1. The molecule has 0 saturated heterocycles. The summed E-state index contributed by atoms with van der Waals surface area (Å²) in [6, 6.07) is 11.7. The number of carboxylic acid groups (broad SMARTS) is 1. The monoisotopic (exact) mass is 603 g/mol.